The van der Waals surface area contributed by atoms with E-state index < -0.39 is 0 Å². The van der Waals surface area contributed by atoms with Crippen molar-refractivity contribution >= 4 is 28.8 Å². The lowest BCUT2D eigenvalue weighted by Gasteiger charge is -2.06. The van der Waals surface area contributed by atoms with E-state index in [0.717, 1.165) is 5.69 Å². The topological polar surface area (TPSA) is 111 Å². The zero-order valence-electron chi connectivity index (χ0n) is 15.1. The molecule has 0 saturated carbocycles. The maximum atomic E-state index is 12.1. The van der Waals surface area contributed by atoms with Crippen LogP contribution in [0.1, 0.15) is 18.5 Å². The van der Waals surface area contributed by atoms with Crippen molar-refractivity contribution in [1.29, 1.82) is 0 Å². The molecule has 0 spiro atoms. The molecule has 3 aromatic rings. The number of hydrogen-bond acceptors (Lipinski definition) is 5. The highest BCUT2D eigenvalue weighted by atomic mass is 16.2. The highest BCUT2D eigenvalue weighted by Crippen LogP contribution is 2.13. The van der Waals surface area contributed by atoms with Crippen LogP contribution in [0.25, 0.3) is 11.2 Å². The number of nitrogens with zero attached hydrogens (tertiary/aromatic N) is 4. The van der Waals surface area contributed by atoms with Crippen molar-refractivity contribution in [1.82, 2.24) is 24.4 Å². The molecule has 9 nitrogen and oxygen atoms in total. The predicted molar refractivity (Wildman–Crippen MR) is 99.9 cm³/mol. The molecule has 0 unspecified atom stereocenters. The van der Waals surface area contributed by atoms with Gasteiger partial charge >= 0.3 is 5.69 Å². The summed E-state index contributed by atoms with van der Waals surface area (Å²) in [6, 6.07) is 8.80. The van der Waals surface area contributed by atoms with E-state index in [1.165, 1.54) is 9.13 Å². The molecule has 0 bridgehead atoms. The molecule has 3 heterocycles. The molecule has 27 heavy (non-hydrogen) atoms. The van der Waals surface area contributed by atoms with Crippen molar-refractivity contribution in [3.05, 3.63) is 52.7 Å². The maximum absolute atomic E-state index is 12.1. The molecule has 0 atom stereocenters. The number of aromatic nitrogens is 4. The maximum Gasteiger partial charge on any atom is 0.329 e. The summed E-state index contributed by atoms with van der Waals surface area (Å²) in [4.78, 5) is 44.3. The Morgan fingerprint density at radius 1 is 1.04 bits per heavy atom. The number of imidazole rings is 1. The molecule has 0 aliphatic heterocycles. The quantitative estimate of drug-likeness (QED) is 0.665. The molecule has 3 aromatic heterocycles. The van der Waals surface area contributed by atoms with Crippen LogP contribution in [-0.4, -0.2) is 30.9 Å². The van der Waals surface area contributed by atoms with E-state index in [1.54, 1.807) is 38.5 Å². The van der Waals surface area contributed by atoms with E-state index in [4.69, 9.17) is 0 Å². The highest BCUT2D eigenvalue weighted by Gasteiger charge is 2.12. The van der Waals surface area contributed by atoms with E-state index in [1.807, 2.05) is 12.1 Å². The molecular formula is C18H20N6O3. The number of fused-ring (bicyclic) bond motifs is 1. The number of anilines is 1. The minimum absolute atomic E-state index is 0.0293. The van der Waals surface area contributed by atoms with Gasteiger partial charge in [0.25, 0.3) is 0 Å². The van der Waals surface area contributed by atoms with Gasteiger partial charge in [-0.25, -0.2) is 9.78 Å². The fourth-order valence-electron chi connectivity index (χ4n) is 2.65. The Labute approximate surface area is 155 Å². The van der Waals surface area contributed by atoms with E-state index in [0.29, 0.717) is 23.5 Å². The van der Waals surface area contributed by atoms with Crippen molar-refractivity contribution in [3.63, 3.8) is 0 Å². The molecule has 2 N–H and O–H groups in total. The number of hydrogen-bond donors (Lipinski definition) is 2. The Balaban J connectivity index is 1.53. The lowest BCUT2D eigenvalue weighted by molar-refractivity contribution is -0.124. The zero-order chi connectivity index (χ0) is 19.4. The predicted octanol–water partition coefficient (Wildman–Crippen LogP) is 0.702. The molecule has 0 fully saturated rings. The molecular weight excluding hydrogens is 348 g/mol. The monoisotopic (exact) mass is 368 g/mol. The molecule has 140 valence electrons. The SMILES string of the molecule is Cn1c(=O)n(C)c2nc(NC(=O)CCC(=O)NCc3ccccn3)ccc21. The standard InChI is InChI=1S/C18H20N6O3/c1-23-13-6-7-14(22-17(13)24(2)18(23)27)21-16(26)9-8-15(25)20-11-12-5-3-4-10-19-12/h3-7,10H,8-9,11H2,1-2H3,(H,20,25)(H,21,22,26). The normalized spacial score (nSPS) is 10.7. The van der Waals surface area contributed by atoms with E-state index in [2.05, 4.69) is 20.6 Å². The third kappa shape index (κ3) is 4.20. The minimum Gasteiger partial charge on any atom is -0.350 e. The lowest BCUT2D eigenvalue weighted by Crippen LogP contribution is -2.24. The number of aryl methyl sites for hydroxylation is 2. The highest BCUT2D eigenvalue weighted by molar-refractivity contribution is 5.93. The average Bonchev–Trinajstić information content (AvgIpc) is 2.89. The van der Waals surface area contributed by atoms with E-state index in [9.17, 15) is 14.4 Å². The van der Waals surface area contributed by atoms with Gasteiger partial charge < -0.3 is 10.6 Å². The minimum atomic E-state index is -0.323. The molecule has 9 heteroatoms. The van der Waals surface area contributed by atoms with Crippen LogP contribution in [0.15, 0.2) is 41.3 Å². The molecule has 0 aromatic carbocycles. The first-order valence-electron chi connectivity index (χ1n) is 8.44. The molecule has 3 rings (SSSR count). The van der Waals surface area contributed by atoms with Crippen LogP contribution in [0.4, 0.5) is 5.82 Å². The summed E-state index contributed by atoms with van der Waals surface area (Å²) in [6.07, 6.45) is 1.74. The summed E-state index contributed by atoms with van der Waals surface area (Å²) in [5, 5.41) is 5.37. The Morgan fingerprint density at radius 2 is 1.81 bits per heavy atom. The van der Waals surface area contributed by atoms with Crippen LogP contribution >= 0.6 is 0 Å². The molecule has 0 aliphatic carbocycles. The first-order chi connectivity index (χ1) is 13.0. The Morgan fingerprint density at radius 3 is 2.56 bits per heavy atom. The van der Waals surface area contributed by atoms with E-state index >= 15 is 0 Å². The molecule has 0 saturated heterocycles. The number of pyridine rings is 2. The summed E-state index contributed by atoms with van der Waals surface area (Å²) in [5.74, 6) is -0.219. The summed E-state index contributed by atoms with van der Waals surface area (Å²) in [7, 11) is 3.28. The zero-order valence-corrected chi connectivity index (χ0v) is 15.1. The number of rotatable bonds is 6. The second-order valence-corrected chi connectivity index (χ2v) is 6.09. The summed E-state index contributed by atoms with van der Waals surface area (Å²) in [5.41, 5.74) is 1.72. The van der Waals surface area contributed by atoms with Gasteiger partial charge in [0.1, 0.15) is 5.82 Å². The first kappa shape index (κ1) is 18.3. The van der Waals surface area contributed by atoms with Crippen LogP contribution in [0, 0.1) is 0 Å². The summed E-state index contributed by atoms with van der Waals surface area (Å²) < 4.78 is 2.90. The fourth-order valence-corrected chi connectivity index (χ4v) is 2.65. The van der Waals surface area contributed by atoms with Gasteiger partial charge in [0.05, 0.1) is 17.8 Å². The van der Waals surface area contributed by atoms with Gasteiger partial charge in [0.2, 0.25) is 11.8 Å². The second-order valence-electron chi connectivity index (χ2n) is 6.09. The van der Waals surface area contributed by atoms with Gasteiger partial charge in [-0.2, -0.15) is 0 Å². The van der Waals surface area contributed by atoms with Crippen molar-refractivity contribution < 1.29 is 9.59 Å². The van der Waals surface area contributed by atoms with Gasteiger partial charge in [-0.15, -0.1) is 0 Å². The summed E-state index contributed by atoms with van der Waals surface area (Å²) in [6.45, 7) is 0.321. The first-order valence-corrected chi connectivity index (χ1v) is 8.44. The van der Waals surface area contributed by atoms with Gasteiger partial charge in [-0.05, 0) is 24.3 Å². The fraction of sp³-hybridized carbons (Fsp3) is 0.278. The lowest BCUT2D eigenvalue weighted by atomic mass is 10.2. The third-order valence-corrected chi connectivity index (χ3v) is 4.15. The van der Waals surface area contributed by atoms with Crippen LogP contribution in [0.5, 0.6) is 0 Å². The van der Waals surface area contributed by atoms with Crippen molar-refractivity contribution in [2.75, 3.05) is 5.32 Å². The number of amides is 2. The third-order valence-electron chi connectivity index (χ3n) is 4.15. The van der Waals surface area contributed by atoms with Gasteiger partial charge in [0, 0.05) is 33.1 Å². The van der Waals surface area contributed by atoms with Gasteiger partial charge in [0.15, 0.2) is 5.65 Å². The van der Waals surface area contributed by atoms with Gasteiger partial charge in [-0.3, -0.25) is 23.7 Å². The summed E-state index contributed by atoms with van der Waals surface area (Å²) >= 11 is 0. The largest absolute Gasteiger partial charge is 0.350 e. The van der Waals surface area contributed by atoms with Gasteiger partial charge in [-0.1, -0.05) is 6.07 Å². The van der Waals surface area contributed by atoms with Crippen molar-refractivity contribution in [3.8, 4) is 0 Å². The number of nitrogens with one attached hydrogen (secondary N) is 2. The van der Waals surface area contributed by atoms with Crippen molar-refractivity contribution in [2.45, 2.75) is 19.4 Å². The van der Waals surface area contributed by atoms with Crippen LogP contribution in [-0.2, 0) is 30.2 Å². The Bertz CT molecular complexity index is 1040. The number of carbonyl (C=O) groups excluding carboxylic acids is 2. The molecule has 2 amide bonds. The number of carbonyl (C=O) groups is 2. The average molecular weight is 368 g/mol. The van der Waals surface area contributed by atoms with Crippen molar-refractivity contribution in [2.24, 2.45) is 14.1 Å². The van der Waals surface area contributed by atoms with Crippen LogP contribution in [0.2, 0.25) is 0 Å². The van der Waals surface area contributed by atoms with Crippen LogP contribution < -0.4 is 16.3 Å². The molecule has 0 radical (unpaired) electrons. The Kier molecular flexibility index (Phi) is 5.30. The Hall–Kier alpha value is -3.49. The van der Waals surface area contributed by atoms with Crippen LogP contribution in [0.3, 0.4) is 0 Å². The van der Waals surface area contributed by atoms with E-state index in [-0.39, 0.29) is 30.3 Å². The smallest absolute Gasteiger partial charge is 0.329 e. The second kappa shape index (κ2) is 7.81. The molecule has 0 aliphatic rings.